The number of ether oxygens (including phenoxy) is 3. The number of hydrogen-bond acceptors (Lipinski definition) is 6. The molecule has 0 radical (unpaired) electrons. The number of methoxy groups -OCH3 is 1. The minimum Gasteiger partial charge on any atom is -0.496 e. The molecular weight excluding hydrogens is 354 g/mol. The molecule has 0 aliphatic heterocycles. The maximum atomic E-state index is 12.1. The van der Waals surface area contributed by atoms with Crippen LogP contribution < -0.4 is 14.8 Å². The second kappa shape index (κ2) is 10.4. The highest BCUT2D eigenvalue weighted by atomic mass is 32.2. The Kier molecular flexibility index (Phi) is 7.82. The lowest BCUT2D eigenvalue weighted by molar-refractivity contribution is -0.124. The Hall–Kier alpha value is -2.67. The molecule has 2 aromatic carbocycles. The summed E-state index contributed by atoms with van der Waals surface area (Å²) in [6.45, 7) is 0.280. The van der Waals surface area contributed by atoms with E-state index in [1.807, 2.05) is 36.6 Å². The summed E-state index contributed by atoms with van der Waals surface area (Å²) in [5.41, 5.74) is 0.283. The predicted octanol–water partition coefficient (Wildman–Crippen LogP) is 2.77. The molecule has 0 atom stereocenters. The maximum Gasteiger partial charge on any atom is 0.342 e. The fraction of sp³-hybridized carbons (Fsp3) is 0.263. The number of para-hydroxylation sites is 1. The van der Waals surface area contributed by atoms with E-state index in [2.05, 4.69) is 5.32 Å². The fourth-order valence-electron chi connectivity index (χ4n) is 2.10. The van der Waals surface area contributed by atoms with Gasteiger partial charge in [0.25, 0.3) is 5.91 Å². The van der Waals surface area contributed by atoms with E-state index in [1.54, 1.807) is 18.2 Å². The van der Waals surface area contributed by atoms with Gasteiger partial charge >= 0.3 is 5.97 Å². The zero-order chi connectivity index (χ0) is 18.8. The van der Waals surface area contributed by atoms with E-state index in [0.29, 0.717) is 18.9 Å². The third-order valence-corrected chi connectivity index (χ3v) is 4.12. The van der Waals surface area contributed by atoms with Gasteiger partial charge in [0.05, 0.1) is 13.7 Å². The van der Waals surface area contributed by atoms with Gasteiger partial charge < -0.3 is 19.5 Å². The van der Waals surface area contributed by atoms with E-state index in [1.165, 1.54) is 18.9 Å². The van der Waals surface area contributed by atoms with E-state index in [4.69, 9.17) is 14.2 Å². The minimum atomic E-state index is -0.606. The van der Waals surface area contributed by atoms with Crippen molar-refractivity contribution in [3.05, 3.63) is 54.1 Å². The predicted molar refractivity (Wildman–Crippen MR) is 100 cm³/mol. The molecule has 2 aromatic rings. The Morgan fingerprint density at radius 3 is 2.58 bits per heavy atom. The van der Waals surface area contributed by atoms with Crippen LogP contribution in [0.3, 0.4) is 0 Å². The number of esters is 1. The highest BCUT2D eigenvalue weighted by Gasteiger charge is 2.15. The van der Waals surface area contributed by atoms with Crippen molar-refractivity contribution in [2.45, 2.75) is 4.90 Å². The summed E-state index contributed by atoms with van der Waals surface area (Å²) < 4.78 is 15.7. The molecule has 7 heteroatoms. The molecule has 0 unspecified atom stereocenters. The molecule has 138 valence electrons. The van der Waals surface area contributed by atoms with Gasteiger partial charge in [0.1, 0.15) is 23.7 Å². The van der Waals surface area contributed by atoms with Crippen molar-refractivity contribution < 1.29 is 23.8 Å². The summed E-state index contributed by atoms with van der Waals surface area (Å²) in [6.07, 6.45) is 1.93. The molecule has 0 saturated carbocycles. The standard InChI is InChI=1S/C19H21NO5S/c1-23-17-12-15(26-2)8-9-16(17)19(22)25-13-18(21)20-10-11-24-14-6-4-3-5-7-14/h3-9,12H,10-11,13H2,1-2H3,(H,20,21). The number of amides is 1. The molecule has 0 spiro atoms. The molecule has 0 aromatic heterocycles. The van der Waals surface area contributed by atoms with Crippen LogP contribution in [0.4, 0.5) is 0 Å². The lowest BCUT2D eigenvalue weighted by atomic mass is 10.2. The van der Waals surface area contributed by atoms with Crippen LogP contribution in [-0.2, 0) is 9.53 Å². The normalized spacial score (nSPS) is 10.1. The summed E-state index contributed by atoms with van der Waals surface area (Å²) >= 11 is 1.54. The average molecular weight is 375 g/mol. The highest BCUT2D eigenvalue weighted by Crippen LogP contribution is 2.25. The van der Waals surface area contributed by atoms with E-state index in [0.717, 1.165) is 10.6 Å². The zero-order valence-corrected chi connectivity index (χ0v) is 15.5. The second-order valence-corrected chi connectivity index (χ2v) is 6.03. The molecule has 0 heterocycles. The minimum absolute atomic E-state index is 0.283. The van der Waals surface area contributed by atoms with Crippen molar-refractivity contribution in [1.82, 2.24) is 5.32 Å². The van der Waals surface area contributed by atoms with Crippen LogP contribution in [0.25, 0.3) is 0 Å². The van der Waals surface area contributed by atoms with E-state index in [-0.39, 0.29) is 12.2 Å². The van der Waals surface area contributed by atoms with Crippen molar-refractivity contribution in [2.75, 3.05) is 33.1 Å². The number of rotatable bonds is 9. The van der Waals surface area contributed by atoms with Gasteiger partial charge in [-0.1, -0.05) is 18.2 Å². The molecule has 2 rings (SSSR count). The largest absolute Gasteiger partial charge is 0.496 e. The van der Waals surface area contributed by atoms with Crippen molar-refractivity contribution in [2.24, 2.45) is 0 Å². The lowest BCUT2D eigenvalue weighted by Crippen LogP contribution is -2.32. The number of benzene rings is 2. The highest BCUT2D eigenvalue weighted by molar-refractivity contribution is 7.98. The van der Waals surface area contributed by atoms with Gasteiger partial charge in [0.2, 0.25) is 0 Å². The Bertz CT molecular complexity index is 736. The average Bonchev–Trinajstić information content (AvgIpc) is 2.69. The SMILES string of the molecule is COc1cc(SC)ccc1C(=O)OCC(=O)NCCOc1ccccc1. The van der Waals surface area contributed by atoms with Gasteiger partial charge in [-0.2, -0.15) is 0 Å². The summed E-state index contributed by atoms with van der Waals surface area (Å²) in [5.74, 6) is 0.146. The molecule has 0 saturated heterocycles. The molecule has 26 heavy (non-hydrogen) atoms. The third-order valence-electron chi connectivity index (χ3n) is 3.40. The van der Waals surface area contributed by atoms with E-state index < -0.39 is 11.9 Å². The summed E-state index contributed by atoms with van der Waals surface area (Å²) in [5, 5.41) is 2.63. The Labute approximate surface area is 156 Å². The number of thioether (sulfide) groups is 1. The molecule has 1 amide bonds. The first-order valence-electron chi connectivity index (χ1n) is 7.97. The van der Waals surface area contributed by atoms with Gasteiger partial charge in [-0.3, -0.25) is 4.79 Å². The molecule has 1 N–H and O–H groups in total. The molecule has 0 fully saturated rings. The number of carbonyl (C=O) groups is 2. The van der Waals surface area contributed by atoms with Crippen molar-refractivity contribution in [3.63, 3.8) is 0 Å². The van der Waals surface area contributed by atoms with Crippen LogP contribution in [0.2, 0.25) is 0 Å². The molecule has 0 aliphatic carbocycles. The first-order chi connectivity index (χ1) is 12.6. The van der Waals surface area contributed by atoms with Gasteiger partial charge in [0.15, 0.2) is 6.61 Å². The maximum absolute atomic E-state index is 12.1. The number of carbonyl (C=O) groups excluding carboxylic acids is 2. The third kappa shape index (κ3) is 6.00. The van der Waals surface area contributed by atoms with Gasteiger partial charge in [0, 0.05) is 4.90 Å². The smallest absolute Gasteiger partial charge is 0.342 e. The Morgan fingerprint density at radius 1 is 1.12 bits per heavy atom. The van der Waals surface area contributed by atoms with Crippen LogP contribution in [0.1, 0.15) is 10.4 Å². The quantitative estimate of drug-likeness (QED) is 0.413. The second-order valence-electron chi connectivity index (χ2n) is 5.15. The topological polar surface area (TPSA) is 73.9 Å². The zero-order valence-electron chi connectivity index (χ0n) is 14.7. The molecule has 6 nitrogen and oxygen atoms in total. The van der Waals surface area contributed by atoms with Crippen LogP contribution in [0.5, 0.6) is 11.5 Å². The Balaban J connectivity index is 1.74. The summed E-state index contributed by atoms with van der Waals surface area (Å²) in [6, 6.07) is 14.5. The van der Waals surface area contributed by atoms with Crippen LogP contribution >= 0.6 is 11.8 Å². The van der Waals surface area contributed by atoms with Crippen molar-refractivity contribution in [3.8, 4) is 11.5 Å². The lowest BCUT2D eigenvalue weighted by Gasteiger charge is -2.10. The summed E-state index contributed by atoms with van der Waals surface area (Å²) in [4.78, 5) is 24.9. The fourth-order valence-corrected chi connectivity index (χ4v) is 2.53. The summed E-state index contributed by atoms with van der Waals surface area (Å²) in [7, 11) is 1.48. The monoisotopic (exact) mass is 375 g/mol. The van der Waals surface area contributed by atoms with Gasteiger partial charge in [-0.25, -0.2) is 4.79 Å². The van der Waals surface area contributed by atoms with Crippen LogP contribution in [0, 0.1) is 0 Å². The first kappa shape index (κ1) is 19.7. The Morgan fingerprint density at radius 2 is 1.88 bits per heavy atom. The van der Waals surface area contributed by atoms with E-state index in [9.17, 15) is 9.59 Å². The van der Waals surface area contributed by atoms with Gasteiger partial charge in [-0.15, -0.1) is 11.8 Å². The molecule has 0 bridgehead atoms. The van der Waals surface area contributed by atoms with Crippen molar-refractivity contribution >= 4 is 23.6 Å². The van der Waals surface area contributed by atoms with Crippen molar-refractivity contribution in [1.29, 1.82) is 0 Å². The van der Waals surface area contributed by atoms with E-state index >= 15 is 0 Å². The van der Waals surface area contributed by atoms with Crippen LogP contribution in [-0.4, -0.2) is 45.0 Å². The van der Waals surface area contributed by atoms with Crippen LogP contribution in [0.15, 0.2) is 53.4 Å². The van der Waals surface area contributed by atoms with Gasteiger partial charge in [-0.05, 0) is 36.6 Å². The number of nitrogens with one attached hydrogen (secondary N) is 1. The molecular formula is C19H21NO5S. The first-order valence-corrected chi connectivity index (χ1v) is 9.20. The molecule has 0 aliphatic rings. The number of hydrogen-bond donors (Lipinski definition) is 1.